The molecule has 1 rings (SSSR count). The Labute approximate surface area is 103 Å². The summed E-state index contributed by atoms with van der Waals surface area (Å²) >= 11 is 0. The number of alkyl halides is 2. The van der Waals surface area contributed by atoms with Gasteiger partial charge in [-0.05, 0) is 46.5 Å². The van der Waals surface area contributed by atoms with Crippen LogP contribution in [-0.2, 0) is 9.31 Å². The lowest BCUT2D eigenvalue weighted by Gasteiger charge is -2.32. The summed E-state index contributed by atoms with van der Waals surface area (Å²) in [6, 6.07) is 0. The van der Waals surface area contributed by atoms with Gasteiger partial charge in [0.15, 0.2) is 0 Å². The Bertz CT molecular complexity index is 285. The zero-order chi connectivity index (χ0) is 13.3. The van der Waals surface area contributed by atoms with Crippen LogP contribution in [0.15, 0.2) is 11.5 Å². The first kappa shape index (κ1) is 14.6. The molecule has 98 valence electrons. The zero-order valence-corrected chi connectivity index (χ0v) is 11.2. The van der Waals surface area contributed by atoms with Gasteiger partial charge < -0.3 is 9.31 Å². The van der Waals surface area contributed by atoms with Crippen LogP contribution in [0.1, 0.15) is 47.5 Å². The van der Waals surface area contributed by atoms with Gasteiger partial charge in [-0.15, -0.1) is 0 Å². The first-order valence-electron chi connectivity index (χ1n) is 5.98. The van der Waals surface area contributed by atoms with Gasteiger partial charge in [0.05, 0.1) is 11.2 Å². The largest absolute Gasteiger partial charge is 0.490 e. The maximum atomic E-state index is 12.2. The fourth-order valence-corrected chi connectivity index (χ4v) is 1.67. The first-order valence-corrected chi connectivity index (χ1v) is 5.98. The van der Waals surface area contributed by atoms with Crippen molar-refractivity contribution in [2.24, 2.45) is 0 Å². The average Bonchev–Trinajstić information content (AvgIpc) is 2.36. The van der Waals surface area contributed by atoms with E-state index in [0.717, 1.165) is 5.47 Å². The lowest BCUT2D eigenvalue weighted by atomic mass is 9.75. The summed E-state index contributed by atoms with van der Waals surface area (Å²) in [5, 5.41) is 0. The molecular weight excluding hydrogens is 225 g/mol. The third-order valence-electron chi connectivity index (χ3n) is 3.58. The predicted molar refractivity (Wildman–Crippen MR) is 65.1 cm³/mol. The van der Waals surface area contributed by atoms with Gasteiger partial charge in [0.2, 0.25) is 6.43 Å². The molecule has 0 unspecified atom stereocenters. The molecule has 1 aliphatic rings. The molecule has 0 saturated carbocycles. The highest BCUT2D eigenvalue weighted by atomic mass is 19.3. The monoisotopic (exact) mass is 246 g/mol. The molecule has 1 heterocycles. The second-order valence-electron chi connectivity index (χ2n) is 5.38. The van der Waals surface area contributed by atoms with E-state index < -0.39 is 24.7 Å². The van der Waals surface area contributed by atoms with Crippen LogP contribution in [0.4, 0.5) is 8.78 Å². The zero-order valence-electron chi connectivity index (χ0n) is 11.2. The van der Waals surface area contributed by atoms with Crippen LogP contribution in [-0.4, -0.2) is 24.7 Å². The van der Waals surface area contributed by atoms with E-state index >= 15 is 0 Å². The van der Waals surface area contributed by atoms with Crippen LogP contribution in [0.25, 0.3) is 0 Å². The minimum absolute atomic E-state index is 0.149. The van der Waals surface area contributed by atoms with Gasteiger partial charge in [-0.3, -0.25) is 0 Å². The highest BCUT2D eigenvalue weighted by Crippen LogP contribution is 2.39. The van der Waals surface area contributed by atoms with E-state index in [0.29, 0.717) is 6.42 Å². The fourth-order valence-electron chi connectivity index (χ4n) is 1.67. The van der Waals surface area contributed by atoms with Gasteiger partial charge in [0.1, 0.15) is 0 Å². The number of halogens is 2. The predicted octanol–water partition coefficient (Wildman–Crippen LogP) is 3.61. The van der Waals surface area contributed by atoms with Crippen molar-refractivity contribution in [3.05, 3.63) is 11.5 Å². The SMILES string of the molecule is C/C=C(\CCC(F)F)B1OC(C)(C)C(C)(C)O1. The van der Waals surface area contributed by atoms with Crippen LogP contribution in [0.2, 0.25) is 0 Å². The van der Waals surface area contributed by atoms with Crippen molar-refractivity contribution < 1.29 is 18.1 Å². The molecule has 1 fully saturated rings. The summed E-state index contributed by atoms with van der Waals surface area (Å²) in [5.41, 5.74) is -0.0444. The molecule has 1 saturated heterocycles. The normalized spacial score (nSPS) is 23.5. The Morgan fingerprint density at radius 3 is 2.00 bits per heavy atom. The standard InChI is InChI=1S/C12H21BF2O2/c1-6-9(7-8-10(14)15)13-16-11(2,3)12(4,5)17-13/h6,10H,7-8H2,1-5H3/b9-6+. The molecule has 0 atom stereocenters. The first-order chi connectivity index (χ1) is 7.69. The summed E-state index contributed by atoms with van der Waals surface area (Å²) < 4.78 is 36.1. The highest BCUT2D eigenvalue weighted by Gasteiger charge is 2.52. The lowest BCUT2D eigenvalue weighted by molar-refractivity contribution is 0.00578. The van der Waals surface area contributed by atoms with Crippen LogP contribution in [0.5, 0.6) is 0 Å². The number of hydrogen-bond donors (Lipinski definition) is 0. The molecule has 0 N–H and O–H groups in total. The third kappa shape index (κ3) is 3.29. The number of rotatable bonds is 4. The van der Waals surface area contributed by atoms with E-state index in [9.17, 15) is 8.78 Å². The lowest BCUT2D eigenvalue weighted by Crippen LogP contribution is -2.41. The van der Waals surface area contributed by atoms with Gasteiger partial charge in [0, 0.05) is 6.42 Å². The minimum atomic E-state index is -2.28. The van der Waals surface area contributed by atoms with Crippen molar-refractivity contribution in [3.8, 4) is 0 Å². The van der Waals surface area contributed by atoms with Gasteiger partial charge >= 0.3 is 7.12 Å². The van der Waals surface area contributed by atoms with E-state index in [4.69, 9.17) is 9.31 Å². The molecule has 0 spiro atoms. The Morgan fingerprint density at radius 2 is 1.65 bits per heavy atom. The number of hydrogen-bond acceptors (Lipinski definition) is 2. The van der Waals surface area contributed by atoms with E-state index in [2.05, 4.69) is 0 Å². The molecule has 5 heteroatoms. The molecule has 0 bridgehead atoms. The summed E-state index contributed by atoms with van der Waals surface area (Å²) in [6.45, 7) is 9.63. The minimum Gasteiger partial charge on any atom is -0.400 e. The summed E-state index contributed by atoms with van der Waals surface area (Å²) in [4.78, 5) is 0. The molecule has 0 amide bonds. The Hall–Kier alpha value is -0.415. The summed E-state index contributed by atoms with van der Waals surface area (Å²) in [5.74, 6) is 0. The van der Waals surface area contributed by atoms with Crippen LogP contribution < -0.4 is 0 Å². The quantitative estimate of drug-likeness (QED) is 0.705. The second-order valence-corrected chi connectivity index (χ2v) is 5.38. The Morgan fingerprint density at radius 1 is 1.18 bits per heavy atom. The van der Waals surface area contributed by atoms with Crippen molar-refractivity contribution >= 4 is 7.12 Å². The van der Waals surface area contributed by atoms with E-state index in [1.54, 1.807) is 0 Å². The summed E-state index contributed by atoms with van der Waals surface area (Å²) in [7, 11) is -0.497. The molecule has 0 aromatic rings. The Kier molecular flexibility index (Phi) is 4.36. The number of allylic oxidation sites excluding steroid dienone is 2. The van der Waals surface area contributed by atoms with Crippen molar-refractivity contribution in [1.29, 1.82) is 0 Å². The molecule has 17 heavy (non-hydrogen) atoms. The van der Waals surface area contributed by atoms with Crippen LogP contribution in [0.3, 0.4) is 0 Å². The highest BCUT2D eigenvalue weighted by molar-refractivity contribution is 6.54. The van der Waals surface area contributed by atoms with Crippen LogP contribution >= 0.6 is 0 Å². The van der Waals surface area contributed by atoms with Gasteiger partial charge in [0.25, 0.3) is 0 Å². The Balaban J connectivity index is 2.69. The molecule has 0 radical (unpaired) electrons. The summed E-state index contributed by atoms with van der Waals surface area (Å²) in [6.07, 6.45) is -0.313. The van der Waals surface area contributed by atoms with E-state index in [1.807, 2.05) is 40.7 Å². The fraction of sp³-hybridized carbons (Fsp3) is 0.833. The topological polar surface area (TPSA) is 18.5 Å². The molecule has 1 aliphatic heterocycles. The average molecular weight is 246 g/mol. The third-order valence-corrected chi connectivity index (χ3v) is 3.58. The molecule has 2 nitrogen and oxygen atoms in total. The van der Waals surface area contributed by atoms with Gasteiger partial charge in [-0.2, -0.15) is 0 Å². The molecule has 0 aliphatic carbocycles. The van der Waals surface area contributed by atoms with E-state index in [-0.39, 0.29) is 6.42 Å². The molecule has 0 aromatic heterocycles. The van der Waals surface area contributed by atoms with Crippen molar-refractivity contribution in [3.63, 3.8) is 0 Å². The van der Waals surface area contributed by atoms with E-state index in [1.165, 1.54) is 0 Å². The second kappa shape index (κ2) is 5.06. The van der Waals surface area contributed by atoms with Gasteiger partial charge in [-0.25, -0.2) is 8.78 Å². The smallest absolute Gasteiger partial charge is 0.400 e. The van der Waals surface area contributed by atoms with Crippen molar-refractivity contribution in [2.75, 3.05) is 0 Å². The molecule has 0 aromatic carbocycles. The maximum Gasteiger partial charge on any atom is 0.490 e. The van der Waals surface area contributed by atoms with Crippen molar-refractivity contribution in [2.45, 2.75) is 65.1 Å². The van der Waals surface area contributed by atoms with Crippen LogP contribution in [0, 0.1) is 0 Å². The van der Waals surface area contributed by atoms with Gasteiger partial charge in [-0.1, -0.05) is 6.08 Å². The molecular formula is C12H21BF2O2. The van der Waals surface area contributed by atoms with Crippen molar-refractivity contribution in [1.82, 2.24) is 0 Å². The maximum absolute atomic E-state index is 12.2.